The van der Waals surface area contributed by atoms with Crippen molar-refractivity contribution < 1.29 is 33.7 Å². The summed E-state index contributed by atoms with van der Waals surface area (Å²) < 4.78 is 15.6. The molecule has 1 aliphatic carbocycles. The molecule has 3 atom stereocenters. The number of rotatable bonds is 6. The third-order valence-electron chi connectivity index (χ3n) is 6.00. The summed E-state index contributed by atoms with van der Waals surface area (Å²) in [5.41, 5.74) is 2.14. The number of phenolic OH excluding ortho intramolecular Hbond substituents is 1. The van der Waals surface area contributed by atoms with E-state index in [2.05, 4.69) is 5.32 Å². The molecule has 0 amide bonds. The van der Waals surface area contributed by atoms with Crippen LogP contribution < -0.4 is 10.1 Å². The molecular weight excluding hydrogens is 450 g/mol. The number of dihydropyridines is 1. The molecule has 8 nitrogen and oxygen atoms in total. The van der Waals surface area contributed by atoms with Gasteiger partial charge in [-0.25, -0.2) is 4.79 Å². The van der Waals surface area contributed by atoms with Crippen LogP contribution >= 0.6 is 11.6 Å². The van der Waals surface area contributed by atoms with E-state index >= 15 is 0 Å². The molecule has 1 aromatic rings. The van der Waals surface area contributed by atoms with Gasteiger partial charge in [-0.1, -0.05) is 25.4 Å². The lowest BCUT2D eigenvalue weighted by atomic mass is 9.69. The highest BCUT2D eigenvalue weighted by molar-refractivity contribution is 6.32. The minimum Gasteiger partial charge on any atom is -0.503 e. The number of phenols is 1. The Hall–Kier alpha value is -3.00. The number of allylic oxidation sites excluding steroid dienone is 3. The summed E-state index contributed by atoms with van der Waals surface area (Å²) in [4.78, 5) is 39.2. The number of hydrogen-bond acceptors (Lipinski definition) is 8. The first kappa shape index (κ1) is 24.6. The maximum atomic E-state index is 13.7. The maximum absolute atomic E-state index is 13.7. The van der Waals surface area contributed by atoms with Crippen LogP contribution in [0.3, 0.4) is 0 Å². The van der Waals surface area contributed by atoms with Crippen molar-refractivity contribution in [3.8, 4) is 11.5 Å². The van der Waals surface area contributed by atoms with Gasteiger partial charge < -0.3 is 24.6 Å². The van der Waals surface area contributed by atoms with Gasteiger partial charge in [-0.3, -0.25) is 9.59 Å². The Kier molecular flexibility index (Phi) is 7.37. The average molecular weight is 478 g/mol. The predicted octanol–water partition coefficient (Wildman–Crippen LogP) is 3.62. The number of hydrogen-bond donors (Lipinski definition) is 2. The van der Waals surface area contributed by atoms with E-state index in [0.29, 0.717) is 29.8 Å². The number of esters is 2. The van der Waals surface area contributed by atoms with E-state index in [1.807, 2.05) is 13.8 Å². The van der Waals surface area contributed by atoms with Crippen molar-refractivity contribution in [3.63, 3.8) is 0 Å². The summed E-state index contributed by atoms with van der Waals surface area (Å²) >= 11 is 6.25. The van der Waals surface area contributed by atoms with Crippen LogP contribution in [0.1, 0.15) is 45.1 Å². The first-order valence-corrected chi connectivity index (χ1v) is 11.1. The molecule has 0 unspecified atom stereocenters. The van der Waals surface area contributed by atoms with Gasteiger partial charge in [0, 0.05) is 22.9 Å². The molecule has 1 aromatic carbocycles. The number of aromatic hydroxyl groups is 1. The average Bonchev–Trinajstić information content (AvgIpc) is 2.77. The minimum atomic E-state index is -1.00. The monoisotopic (exact) mass is 477 g/mol. The predicted molar refractivity (Wildman–Crippen MR) is 121 cm³/mol. The molecule has 0 saturated carbocycles. The molecule has 0 fully saturated rings. The van der Waals surface area contributed by atoms with Crippen molar-refractivity contribution in [2.24, 2.45) is 11.8 Å². The summed E-state index contributed by atoms with van der Waals surface area (Å²) in [5, 5.41) is 13.4. The second-order valence-electron chi connectivity index (χ2n) is 8.22. The molecule has 2 aliphatic rings. The van der Waals surface area contributed by atoms with E-state index in [0.717, 1.165) is 0 Å². The number of nitrogens with one attached hydrogen (secondary N) is 1. The summed E-state index contributed by atoms with van der Waals surface area (Å²) in [6.07, 6.45) is 1.04. The second-order valence-corrected chi connectivity index (χ2v) is 8.63. The fourth-order valence-corrected chi connectivity index (χ4v) is 4.69. The molecule has 0 saturated heterocycles. The summed E-state index contributed by atoms with van der Waals surface area (Å²) in [7, 11) is 2.62. The van der Waals surface area contributed by atoms with Crippen LogP contribution in [0.25, 0.3) is 0 Å². The Morgan fingerprint density at radius 2 is 1.97 bits per heavy atom. The lowest BCUT2D eigenvalue weighted by molar-refractivity contribution is -0.151. The highest BCUT2D eigenvalue weighted by atomic mass is 35.5. The van der Waals surface area contributed by atoms with Gasteiger partial charge >= 0.3 is 11.9 Å². The van der Waals surface area contributed by atoms with E-state index in [9.17, 15) is 19.5 Å². The van der Waals surface area contributed by atoms with E-state index < -0.39 is 29.6 Å². The standard InChI is InChI=1S/C24H28ClNO7/c1-6-7-33-24(30)18-12(3)26-15-8-11(2)17(23(29)32-5)22(28)20(15)19(18)13-9-14(25)21(27)16(10-13)31-4/h9-11,17,19,26-27H,6-8H2,1-5H3/t11-,17-,19+/m0/s1. The molecule has 9 heteroatoms. The third-order valence-corrected chi connectivity index (χ3v) is 6.29. The van der Waals surface area contributed by atoms with Crippen molar-refractivity contribution in [3.05, 3.63) is 45.3 Å². The van der Waals surface area contributed by atoms with E-state index in [4.69, 9.17) is 25.8 Å². The molecule has 1 aliphatic heterocycles. The summed E-state index contributed by atoms with van der Waals surface area (Å²) in [6.45, 7) is 5.64. The number of Topliss-reactive ketones (excluding diaryl/α,β-unsaturated/α-hetero) is 1. The van der Waals surface area contributed by atoms with Gasteiger partial charge in [-0.05, 0) is 43.4 Å². The fraction of sp³-hybridized carbons (Fsp3) is 0.458. The summed E-state index contributed by atoms with van der Waals surface area (Å²) in [5.74, 6) is -3.95. The van der Waals surface area contributed by atoms with Gasteiger partial charge in [-0.15, -0.1) is 0 Å². The van der Waals surface area contributed by atoms with Crippen LogP contribution in [0.4, 0.5) is 0 Å². The Morgan fingerprint density at radius 3 is 2.58 bits per heavy atom. The zero-order chi connectivity index (χ0) is 24.4. The van der Waals surface area contributed by atoms with E-state index in [1.54, 1.807) is 6.92 Å². The van der Waals surface area contributed by atoms with Gasteiger partial charge in [0.1, 0.15) is 5.92 Å². The number of ether oxygens (including phenoxy) is 3. The Bertz CT molecular complexity index is 1060. The van der Waals surface area contributed by atoms with Crippen molar-refractivity contribution >= 4 is 29.3 Å². The third kappa shape index (κ3) is 4.44. The molecule has 0 radical (unpaired) electrons. The molecule has 1 heterocycles. The maximum Gasteiger partial charge on any atom is 0.336 e. The molecule has 0 spiro atoms. The van der Waals surface area contributed by atoms with E-state index in [-0.39, 0.29) is 40.2 Å². The van der Waals surface area contributed by atoms with Crippen molar-refractivity contribution in [2.75, 3.05) is 20.8 Å². The van der Waals surface area contributed by atoms with Gasteiger partial charge in [-0.2, -0.15) is 0 Å². The van der Waals surface area contributed by atoms with Crippen LogP contribution in [-0.4, -0.2) is 43.7 Å². The number of ketones is 1. The molecule has 0 bridgehead atoms. The van der Waals surface area contributed by atoms with Crippen LogP contribution in [0.2, 0.25) is 5.02 Å². The highest BCUT2D eigenvalue weighted by Crippen LogP contribution is 2.48. The zero-order valence-electron chi connectivity index (χ0n) is 19.3. The fourth-order valence-electron chi connectivity index (χ4n) is 4.47. The quantitative estimate of drug-likeness (QED) is 0.472. The Labute approximate surface area is 197 Å². The molecular formula is C24H28ClNO7. The molecule has 0 aromatic heterocycles. The largest absolute Gasteiger partial charge is 0.503 e. The van der Waals surface area contributed by atoms with Crippen LogP contribution in [-0.2, 0) is 23.9 Å². The number of carbonyl (C=O) groups excluding carboxylic acids is 3. The molecule has 3 rings (SSSR count). The van der Waals surface area contributed by atoms with Gasteiger partial charge in [0.25, 0.3) is 0 Å². The normalized spacial score (nSPS) is 22.5. The van der Waals surface area contributed by atoms with Crippen LogP contribution in [0.15, 0.2) is 34.7 Å². The highest BCUT2D eigenvalue weighted by Gasteiger charge is 2.47. The SMILES string of the molecule is CCCOC(=O)C1=C(C)NC2=C(C(=O)[C@@H](C(=O)OC)[C@@H](C)C2)[C@@H]1c1cc(Cl)c(O)c(OC)c1. The van der Waals surface area contributed by atoms with Gasteiger partial charge in [0.15, 0.2) is 17.3 Å². The first-order valence-electron chi connectivity index (χ1n) is 10.7. The van der Waals surface area contributed by atoms with E-state index in [1.165, 1.54) is 26.4 Å². The zero-order valence-corrected chi connectivity index (χ0v) is 20.0. The lowest BCUT2D eigenvalue weighted by Crippen LogP contribution is -2.43. The molecule has 2 N–H and O–H groups in total. The number of benzene rings is 1. The number of methoxy groups -OCH3 is 2. The lowest BCUT2D eigenvalue weighted by Gasteiger charge is -2.38. The smallest absolute Gasteiger partial charge is 0.336 e. The first-order chi connectivity index (χ1) is 15.7. The topological polar surface area (TPSA) is 111 Å². The number of carbonyl (C=O) groups is 3. The minimum absolute atomic E-state index is 0.00473. The van der Waals surface area contributed by atoms with Gasteiger partial charge in [0.05, 0.1) is 31.4 Å². The van der Waals surface area contributed by atoms with Crippen molar-refractivity contribution in [2.45, 2.75) is 39.5 Å². The molecule has 33 heavy (non-hydrogen) atoms. The van der Waals surface area contributed by atoms with Crippen molar-refractivity contribution in [1.29, 1.82) is 0 Å². The second kappa shape index (κ2) is 9.87. The number of halogens is 1. The van der Waals surface area contributed by atoms with Gasteiger partial charge in [0.2, 0.25) is 0 Å². The summed E-state index contributed by atoms with van der Waals surface area (Å²) in [6, 6.07) is 3.01. The van der Waals surface area contributed by atoms with Crippen molar-refractivity contribution in [1.82, 2.24) is 5.32 Å². The molecule has 178 valence electrons. The Balaban J connectivity index is 2.24. The van der Waals surface area contributed by atoms with Crippen LogP contribution in [0, 0.1) is 11.8 Å². The Morgan fingerprint density at radius 1 is 1.27 bits per heavy atom. The van der Waals surface area contributed by atoms with Crippen LogP contribution in [0.5, 0.6) is 11.5 Å².